The van der Waals surface area contributed by atoms with E-state index in [4.69, 9.17) is 4.74 Å². The van der Waals surface area contributed by atoms with Crippen LogP contribution < -0.4 is 9.46 Å². The lowest BCUT2D eigenvalue weighted by molar-refractivity contribution is 0.0639. The van der Waals surface area contributed by atoms with E-state index in [1.807, 2.05) is 38.1 Å². The first-order valence-electron chi connectivity index (χ1n) is 12.3. The van der Waals surface area contributed by atoms with Gasteiger partial charge in [0.25, 0.3) is 5.91 Å². The van der Waals surface area contributed by atoms with Crippen molar-refractivity contribution in [3.8, 4) is 5.88 Å². The van der Waals surface area contributed by atoms with Gasteiger partial charge in [-0.25, -0.2) is 22.7 Å². The van der Waals surface area contributed by atoms with Gasteiger partial charge in [-0.15, -0.1) is 0 Å². The molecule has 0 bridgehead atoms. The lowest BCUT2D eigenvalue weighted by Gasteiger charge is -2.37. The summed E-state index contributed by atoms with van der Waals surface area (Å²) in [6.45, 7) is 7.89. The number of ether oxygens (including phenoxy) is 1. The Morgan fingerprint density at radius 1 is 1.16 bits per heavy atom. The first-order valence-corrected chi connectivity index (χ1v) is 13.4. The molecule has 1 aliphatic rings. The van der Waals surface area contributed by atoms with Crippen LogP contribution in [0.15, 0.2) is 59.6 Å². The van der Waals surface area contributed by atoms with Crippen molar-refractivity contribution in [1.29, 1.82) is 0 Å². The molecule has 6 nitrogen and oxygen atoms in total. The second-order valence-electron chi connectivity index (χ2n) is 9.68. The lowest BCUT2D eigenvalue weighted by Crippen LogP contribution is -2.40. The number of amides is 1. The summed E-state index contributed by atoms with van der Waals surface area (Å²) in [6, 6.07) is 12.1. The maximum Gasteiger partial charge on any atom is 0.255 e. The van der Waals surface area contributed by atoms with Crippen LogP contribution in [0.3, 0.4) is 0 Å². The quantitative estimate of drug-likeness (QED) is 0.420. The van der Waals surface area contributed by atoms with Crippen LogP contribution in [0.4, 0.5) is 8.78 Å². The van der Waals surface area contributed by atoms with E-state index in [0.29, 0.717) is 22.8 Å². The molecule has 2 heterocycles. The molecule has 1 unspecified atom stereocenters. The molecule has 0 fully saturated rings. The zero-order valence-electron chi connectivity index (χ0n) is 21.4. The highest BCUT2D eigenvalue weighted by Gasteiger charge is 2.36. The fraction of sp³-hybridized carbons (Fsp3) is 0.357. The van der Waals surface area contributed by atoms with E-state index >= 15 is 0 Å². The van der Waals surface area contributed by atoms with Gasteiger partial charge in [-0.05, 0) is 69.2 Å². The van der Waals surface area contributed by atoms with Crippen LogP contribution in [0.2, 0.25) is 0 Å². The van der Waals surface area contributed by atoms with Crippen LogP contribution in [-0.4, -0.2) is 32.1 Å². The summed E-state index contributed by atoms with van der Waals surface area (Å²) in [5, 5.41) is 0. The second-order valence-corrected chi connectivity index (χ2v) is 10.9. The zero-order valence-corrected chi connectivity index (χ0v) is 22.2. The molecule has 1 aromatic heterocycles. The largest absolute Gasteiger partial charge is 0.471 e. The Bertz CT molecular complexity index is 1310. The lowest BCUT2D eigenvalue weighted by atomic mass is 9.91. The van der Waals surface area contributed by atoms with E-state index in [2.05, 4.69) is 16.6 Å². The molecule has 4 rings (SSSR count). The Morgan fingerprint density at radius 3 is 2.57 bits per heavy atom. The standard InChI is InChI=1S/C28H31F2N3O3S/c1-5-18-7-10-22(11-8-18)37(35)32-25-15-28(3,4)36-26-23(25)14-19(16-31-26)27(34)33(6-2)17-20-13-21(29)9-12-24(20)30/h7-14,16,25,32H,5-6,15,17H2,1-4H3/t25-,37?/m0/s1. The highest BCUT2D eigenvalue weighted by molar-refractivity contribution is 7.83. The van der Waals surface area contributed by atoms with Crippen molar-refractivity contribution in [2.45, 2.75) is 63.6 Å². The molecule has 37 heavy (non-hydrogen) atoms. The number of nitrogens with one attached hydrogen (secondary N) is 1. The Balaban J connectivity index is 1.60. The van der Waals surface area contributed by atoms with Crippen LogP contribution in [0.1, 0.15) is 67.2 Å². The molecule has 9 heteroatoms. The van der Waals surface area contributed by atoms with Crippen LogP contribution in [0, 0.1) is 11.6 Å². The van der Waals surface area contributed by atoms with Crippen molar-refractivity contribution >= 4 is 16.9 Å². The number of halogens is 2. The fourth-order valence-electron chi connectivity index (χ4n) is 4.36. The predicted octanol–water partition coefficient (Wildman–Crippen LogP) is 5.50. The topological polar surface area (TPSA) is 71.5 Å². The Morgan fingerprint density at radius 2 is 1.89 bits per heavy atom. The summed E-state index contributed by atoms with van der Waals surface area (Å²) < 4.78 is 50.3. The van der Waals surface area contributed by atoms with Gasteiger partial charge in [0, 0.05) is 36.8 Å². The van der Waals surface area contributed by atoms with Crippen LogP contribution in [-0.2, 0) is 24.0 Å². The molecule has 0 saturated heterocycles. The summed E-state index contributed by atoms with van der Waals surface area (Å²) in [7, 11) is -1.50. The minimum atomic E-state index is -1.50. The van der Waals surface area contributed by atoms with E-state index in [0.717, 1.165) is 30.2 Å². The summed E-state index contributed by atoms with van der Waals surface area (Å²) in [4.78, 5) is 19.8. The minimum absolute atomic E-state index is 0.0843. The summed E-state index contributed by atoms with van der Waals surface area (Å²) >= 11 is 0. The van der Waals surface area contributed by atoms with Crippen LogP contribution in [0.25, 0.3) is 0 Å². The average Bonchev–Trinajstić information content (AvgIpc) is 2.88. The van der Waals surface area contributed by atoms with Crippen LogP contribution >= 0.6 is 0 Å². The number of hydrogen-bond acceptors (Lipinski definition) is 4. The van der Waals surface area contributed by atoms with Gasteiger partial charge in [-0.1, -0.05) is 19.1 Å². The third-order valence-corrected chi connectivity index (χ3v) is 7.60. The molecule has 0 saturated carbocycles. The smallest absolute Gasteiger partial charge is 0.255 e. The first kappa shape index (κ1) is 26.9. The van der Waals surface area contributed by atoms with Gasteiger partial charge in [0.2, 0.25) is 5.88 Å². The number of pyridine rings is 1. The molecule has 3 aromatic rings. The van der Waals surface area contributed by atoms with Gasteiger partial charge in [-0.2, -0.15) is 0 Å². The van der Waals surface area contributed by atoms with E-state index < -0.39 is 28.2 Å². The van der Waals surface area contributed by atoms with E-state index in [1.54, 1.807) is 13.0 Å². The van der Waals surface area contributed by atoms with Gasteiger partial charge in [-0.3, -0.25) is 4.79 Å². The molecular weight excluding hydrogens is 496 g/mol. The number of carbonyl (C=O) groups excluding carboxylic acids is 1. The predicted molar refractivity (Wildman–Crippen MR) is 138 cm³/mol. The summed E-state index contributed by atoms with van der Waals surface area (Å²) in [6.07, 6.45) is 2.82. The molecule has 196 valence electrons. The number of fused-ring (bicyclic) bond motifs is 1. The monoisotopic (exact) mass is 527 g/mol. The molecule has 1 N–H and O–H groups in total. The van der Waals surface area contributed by atoms with Gasteiger partial charge in [0.1, 0.15) is 28.2 Å². The molecule has 1 aliphatic heterocycles. The van der Waals surface area contributed by atoms with E-state index in [9.17, 15) is 17.8 Å². The Labute approximate surface area is 218 Å². The molecule has 2 atom stereocenters. The SMILES string of the molecule is CCc1ccc(S(=O)N[C@H]2CC(C)(C)Oc3ncc(C(=O)N(CC)Cc4cc(F)ccc4F)cc32)cc1. The van der Waals surface area contributed by atoms with Crippen molar-refractivity contribution in [1.82, 2.24) is 14.6 Å². The highest BCUT2D eigenvalue weighted by atomic mass is 32.2. The maximum atomic E-state index is 14.2. The van der Waals surface area contributed by atoms with Crippen LogP contribution in [0.5, 0.6) is 5.88 Å². The van der Waals surface area contributed by atoms with Gasteiger partial charge in [0.05, 0.1) is 16.5 Å². The first-order chi connectivity index (χ1) is 17.6. The summed E-state index contributed by atoms with van der Waals surface area (Å²) in [5.41, 5.74) is 1.59. The van der Waals surface area contributed by atoms with E-state index in [-0.39, 0.29) is 36.2 Å². The Hall–Kier alpha value is -3.17. The molecule has 1 amide bonds. The van der Waals surface area contributed by atoms with Crippen molar-refractivity contribution in [3.05, 3.63) is 88.6 Å². The fourth-order valence-corrected chi connectivity index (χ4v) is 5.35. The van der Waals surface area contributed by atoms with E-state index in [1.165, 1.54) is 11.1 Å². The Kier molecular flexibility index (Phi) is 8.04. The van der Waals surface area contributed by atoms with Crippen molar-refractivity contribution in [3.63, 3.8) is 0 Å². The number of aromatic nitrogens is 1. The molecule has 0 spiro atoms. The van der Waals surface area contributed by atoms with Crippen molar-refractivity contribution < 1.29 is 22.5 Å². The van der Waals surface area contributed by atoms with Gasteiger partial charge >= 0.3 is 0 Å². The number of carbonyl (C=O) groups is 1. The maximum absolute atomic E-state index is 14.2. The molecule has 0 radical (unpaired) electrons. The number of rotatable bonds is 8. The molecular formula is C28H31F2N3O3S. The highest BCUT2D eigenvalue weighted by Crippen LogP contribution is 2.39. The minimum Gasteiger partial charge on any atom is -0.471 e. The second kappa shape index (κ2) is 11.1. The van der Waals surface area contributed by atoms with Crippen molar-refractivity contribution in [2.75, 3.05) is 6.54 Å². The molecule has 2 aromatic carbocycles. The number of hydrogen-bond donors (Lipinski definition) is 1. The molecule has 0 aliphatic carbocycles. The van der Waals surface area contributed by atoms with Crippen molar-refractivity contribution in [2.24, 2.45) is 0 Å². The van der Waals surface area contributed by atoms with Gasteiger partial charge < -0.3 is 9.64 Å². The third-order valence-electron chi connectivity index (χ3n) is 6.40. The summed E-state index contributed by atoms with van der Waals surface area (Å²) in [5.74, 6) is -1.16. The third kappa shape index (κ3) is 6.22. The number of nitrogens with zero attached hydrogens (tertiary/aromatic N) is 2. The zero-order chi connectivity index (χ0) is 26.7. The average molecular weight is 528 g/mol. The number of aryl methyl sites for hydroxylation is 1. The van der Waals surface area contributed by atoms with Gasteiger partial charge in [0.15, 0.2) is 0 Å². The number of benzene rings is 2. The normalized spacial score (nSPS) is 17.0.